The molecular weight excluding hydrogens is 367 g/mol. The second-order valence-corrected chi connectivity index (χ2v) is 5.34. The molecule has 1 heterocycles. The van der Waals surface area contributed by atoms with Crippen LogP contribution in [-0.4, -0.2) is 36.8 Å². The molecular formula is C12H16ClIN2O2. The van der Waals surface area contributed by atoms with Gasteiger partial charge in [0.15, 0.2) is 0 Å². The summed E-state index contributed by atoms with van der Waals surface area (Å²) < 4.78 is 0.938. The zero-order valence-corrected chi connectivity index (χ0v) is 12.7. The average Bonchev–Trinajstić information content (AvgIpc) is 2.72. The summed E-state index contributed by atoms with van der Waals surface area (Å²) in [5.74, 6) is 0.0365. The zero-order valence-electron chi connectivity index (χ0n) is 9.73. The lowest BCUT2D eigenvalue weighted by atomic mass is 10.1. The number of carbonyl (C=O) groups is 1. The number of rotatable bonds is 3. The highest BCUT2D eigenvalue weighted by Crippen LogP contribution is 2.12. The van der Waals surface area contributed by atoms with Gasteiger partial charge < -0.3 is 15.7 Å². The Morgan fingerprint density at radius 3 is 2.78 bits per heavy atom. The molecule has 2 atom stereocenters. The highest BCUT2D eigenvalue weighted by molar-refractivity contribution is 14.1. The zero-order chi connectivity index (χ0) is 12.3. The van der Waals surface area contributed by atoms with Crippen molar-refractivity contribution in [2.45, 2.75) is 6.10 Å². The Morgan fingerprint density at radius 1 is 1.44 bits per heavy atom. The summed E-state index contributed by atoms with van der Waals surface area (Å²) in [4.78, 5) is 11.9. The van der Waals surface area contributed by atoms with Crippen molar-refractivity contribution in [1.82, 2.24) is 10.6 Å². The van der Waals surface area contributed by atoms with Crippen LogP contribution in [0, 0.1) is 9.49 Å². The van der Waals surface area contributed by atoms with Crippen LogP contribution in [0.5, 0.6) is 0 Å². The first-order valence-corrected chi connectivity index (χ1v) is 6.68. The van der Waals surface area contributed by atoms with Crippen molar-refractivity contribution in [1.29, 1.82) is 0 Å². The van der Waals surface area contributed by atoms with Crippen molar-refractivity contribution in [2.24, 2.45) is 5.92 Å². The lowest BCUT2D eigenvalue weighted by Crippen LogP contribution is -2.34. The number of carbonyl (C=O) groups excluding carboxylic acids is 1. The molecule has 2 rings (SSSR count). The molecule has 0 aliphatic carbocycles. The monoisotopic (exact) mass is 382 g/mol. The number of amides is 1. The van der Waals surface area contributed by atoms with Gasteiger partial charge in [0, 0.05) is 29.1 Å². The third-order valence-electron chi connectivity index (χ3n) is 2.95. The van der Waals surface area contributed by atoms with E-state index in [9.17, 15) is 9.90 Å². The summed E-state index contributed by atoms with van der Waals surface area (Å²) in [6.45, 7) is 1.88. The normalized spacial score (nSPS) is 22.3. The van der Waals surface area contributed by atoms with Gasteiger partial charge in [-0.05, 0) is 34.7 Å². The molecule has 1 aliphatic heterocycles. The van der Waals surface area contributed by atoms with Gasteiger partial charge in [-0.2, -0.15) is 0 Å². The molecule has 1 aromatic rings. The minimum Gasteiger partial charge on any atom is -0.391 e. The van der Waals surface area contributed by atoms with Crippen LogP contribution in [0.3, 0.4) is 0 Å². The summed E-state index contributed by atoms with van der Waals surface area (Å²) in [5, 5.41) is 15.6. The lowest BCUT2D eigenvalue weighted by molar-refractivity contribution is 0.0926. The van der Waals surface area contributed by atoms with Gasteiger partial charge in [-0.25, -0.2) is 0 Å². The summed E-state index contributed by atoms with van der Waals surface area (Å²) in [5.41, 5.74) is 0.688. The van der Waals surface area contributed by atoms with E-state index in [1.54, 1.807) is 6.07 Å². The van der Waals surface area contributed by atoms with Crippen LogP contribution in [0.25, 0.3) is 0 Å². The van der Waals surface area contributed by atoms with Crippen molar-refractivity contribution in [2.75, 3.05) is 19.6 Å². The second-order valence-electron chi connectivity index (χ2n) is 4.18. The van der Waals surface area contributed by atoms with Crippen molar-refractivity contribution in [3.63, 3.8) is 0 Å². The predicted octanol–water partition coefficient (Wildman–Crippen LogP) is 1.02. The molecule has 0 aromatic heterocycles. The molecule has 0 spiro atoms. The molecule has 1 aliphatic rings. The quantitative estimate of drug-likeness (QED) is 0.684. The molecule has 0 bridgehead atoms. The minimum atomic E-state index is -0.356. The van der Waals surface area contributed by atoms with Gasteiger partial charge in [0.25, 0.3) is 5.91 Å². The average molecular weight is 383 g/mol. The van der Waals surface area contributed by atoms with E-state index >= 15 is 0 Å². The number of aliphatic hydroxyl groups excluding tert-OH is 1. The van der Waals surface area contributed by atoms with Gasteiger partial charge in [-0.1, -0.05) is 12.1 Å². The van der Waals surface area contributed by atoms with Crippen LogP contribution in [0.1, 0.15) is 10.4 Å². The molecule has 1 fully saturated rings. The van der Waals surface area contributed by atoms with Crippen LogP contribution >= 0.6 is 35.0 Å². The maximum Gasteiger partial charge on any atom is 0.252 e. The summed E-state index contributed by atoms with van der Waals surface area (Å²) in [6, 6.07) is 7.47. The number of halogens is 2. The van der Waals surface area contributed by atoms with Gasteiger partial charge in [0.05, 0.1) is 11.7 Å². The maximum absolute atomic E-state index is 11.9. The van der Waals surface area contributed by atoms with E-state index in [0.29, 0.717) is 18.7 Å². The molecule has 0 radical (unpaired) electrons. The highest BCUT2D eigenvalue weighted by Gasteiger charge is 2.25. The van der Waals surface area contributed by atoms with Gasteiger partial charge in [0.1, 0.15) is 0 Å². The van der Waals surface area contributed by atoms with Crippen LogP contribution in [-0.2, 0) is 0 Å². The fourth-order valence-corrected chi connectivity index (χ4v) is 2.52. The molecule has 1 saturated heterocycles. The fourth-order valence-electron chi connectivity index (χ4n) is 1.89. The molecule has 18 heavy (non-hydrogen) atoms. The van der Waals surface area contributed by atoms with E-state index < -0.39 is 0 Å². The lowest BCUT2D eigenvalue weighted by Gasteiger charge is -2.14. The van der Waals surface area contributed by atoms with E-state index in [1.807, 2.05) is 18.2 Å². The van der Waals surface area contributed by atoms with Gasteiger partial charge in [-0.15, -0.1) is 12.4 Å². The summed E-state index contributed by atoms with van der Waals surface area (Å²) >= 11 is 2.15. The number of β-amino-alcohol motifs (C(OH)–C–C–N with tert-alkyl or cyclic N) is 1. The number of aliphatic hydroxyl groups is 1. The van der Waals surface area contributed by atoms with E-state index in [-0.39, 0.29) is 30.3 Å². The van der Waals surface area contributed by atoms with Crippen molar-refractivity contribution >= 4 is 40.9 Å². The van der Waals surface area contributed by atoms with Crippen LogP contribution in [0.4, 0.5) is 0 Å². The summed E-state index contributed by atoms with van der Waals surface area (Å²) in [7, 11) is 0. The Kier molecular flexibility index (Phi) is 6.34. The molecule has 1 aromatic carbocycles. The Balaban J connectivity index is 0.00000162. The Morgan fingerprint density at radius 2 is 2.17 bits per heavy atom. The van der Waals surface area contributed by atoms with E-state index in [2.05, 4.69) is 33.2 Å². The van der Waals surface area contributed by atoms with Gasteiger partial charge >= 0.3 is 0 Å². The maximum atomic E-state index is 11.9. The molecule has 6 heteroatoms. The topological polar surface area (TPSA) is 61.4 Å². The van der Waals surface area contributed by atoms with Gasteiger partial charge in [-0.3, -0.25) is 4.79 Å². The van der Waals surface area contributed by atoms with Gasteiger partial charge in [0.2, 0.25) is 0 Å². The van der Waals surface area contributed by atoms with E-state index in [4.69, 9.17) is 0 Å². The third-order valence-corrected chi connectivity index (χ3v) is 3.89. The van der Waals surface area contributed by atoms with Crippen LogP contribution < -0.4 is 10.6 Å². The standard InChI is InChI=1S/C12H15IN2O2.ClH/c13-10-4-2-1-3-9(10)12(17)15-6-8-5-14-7-11(8)16;/h1-4,8,11,14,16H,5-7H2,(H,15,17);1H. The first kappa shape index (κ1) is 15.7. The number of benzene rings is 1. The van der Waals surface area contributed by atoms with Crippen LogP contribution in [0.15, 0.2) is 24.3 Å². The second kappa shape index (κ2) is 7.28. The summed E-state index contributed by atoms with van der Waals surface area (Å²) in [6.07, 6.45) is -0.356. The molecule has 100 valence electrons. The molecule has 0 saturated carbocycles. The Labute approximate surface area is 126 Å². The van der Waals surface area contributed by atoms with Crippen LogP contribution in [0.2, 0.25) is 0 Å². The molecule has 4 nitrogen and oxygen atoms in total. The molecule has 2 unspecified atom stereocenters. The smallest absolute Gasteiger partial charge is 0.252 e. The molecule has 3 N–H and O–H groups in total. The molecule has 1 amide bonds. The minimum absolute atomic E-state index is 0. The Hall–Kier alpha value is -0.370. The van der Waals surface area contributed by atoms with Crippen molar-refractivity contribution in [3.05, 3.63) is 33.4 Å². The first-order chi connectivity index (χ1) is 8.18. The fraction of sp³-hybridized carbons (Fsp3) is 0.417. The van der Waals surface area contributed by atoms with E-state index in [1.165, 1.54) is 0 Å². The third kappa shape index (κ3) is 3.81. The van der Waals surface area contributed by atoms with E-state index in [0.717, 1.165) is 10.1 Å². The first-order valence-electron chi connectivity index (χ1n) is 5.60. The van der Waals surface area contributed by atoms with Crippen molar-refractivity contribution < 1.29 is 9.90 Å². The largest absolute Gasteiger partial charge is 0.391 e. The SMILES string of the molecule is Cl.O=C(NCC1CNCC1O)c1ccccc1I. The predicted molar refractivity (Wildman–Crippen MR) is 81.1 cm³/mol. The van der Waals surface area contributed by atoms with Crippen molar-refractivity contribution in [3.8, 4) is 0 Å². The number of hydrogen-bond donors (Lipinski definition) is 3. The highest BCUT2D eigenvalue weighted by atomic mass is 127. The number of nitrogens with one attached hydrogen (secondary N) is 2. The Bertz CT molecular complexity index is 417. The number of hydrogen-bond acceptors (Lipinski definition) is 3.